The summed E-state index contributed by atoms with van der Waals surface area (Å²) in [5.74, 6) is 2.33. The fourth-order valence-electron chi connectivity index (χ4n) is 0.491. The standard InChI is InChI=1S/C6H7N3/c1-2-6(7)3-4-8-5-9-6/h1,3-5H,7H2,(H,8,9). The van der Waals surface area contributed by atoms with Gasteiger partial charge in [0, 0.05) is 6.20 Å². The SMILES string of the molecule is C#CC1(N)C=CNC=N1. The number of nitrogens with one attached hydrogen (secondary N) is 1. The average Bonchev–Trinajstić information content (AvgIpc) is 1.90. The van der Waals surface area contributed by atoms with E-state index in [1.54, 1.807) is 12.3 Å². The molecule has 0 radical (unpaired) electrons. The van der Waals surface area contributed by atoms with Gasteiger partial charge in [-0.15, -0.1) is 6.42 Å². The quantitative estimate of drug-likeness (QED) is 0.421. The van der Waals surface area contributed by atoms with Crippen molar-refractivity contribution in [2.24, 2.45) is 10.7 Å². The van der Waals surface area contributed by atoms with Gasteiger partial charge in [-0.25, -0.2) is 4.99 Å². The third-order valence-electron chi connectivity index (χ3n) is 1.02. The second-order valence-corrected chi connectivity index (χ2v) is 1.73. The Morgan fingerprint density at radius 1 is 1.78 bits per heavy atom. The topological polar surface area (TPSA) is 50.4 Å². The van der Waals surface area contributed by atoms with Gasteiger partial charge in [-0.3, -0.25) is 5.73 Å². The molecule has 1 atom stereocenters. The third-order valence-corrected chi connectivity index (χ3v) is 1.02. The summed E-state index contributed by atoms with van der Waals surface area (Å²) in [6.45, 7) is 0. The largest absolute Gasteiger partial charge is 0.353 e. The van der Waals surface area contributed by atoms with Crippen molar-refractivity contribution in [3.05, 3.63) is 12.3 Å². The van der Waals surface area contributed by atoms with E-state index in [9.17, 15) is 0 Å². The minimum absolute atomic E-state index is 0.925. The van der Waals surface area contributed by atoms with Crippen molar-refractivity contribution in [2.45, 2.75) is 5.66 Å². The molecule has 1 heterocycles. The molecule has 46 valence electrons. The van der Waals surface area contributed by atoms with Crippen molar-refractivity contribution in [2.75, 3.05) is 0 Å². The van der Waals surface area contributed by atoms with Crippen molar-refractivity contribution in [1.82, 2.24) is 5.32 Å². The molecule has 1 aliphatic heterocycles. The van der Waals surface area contributed by atoms with Crippen molar-refractivity contribution < 1.29 is 0 Å². The molecule has 0 aliphatic carbocycles. The van der Waals surface area contributed by atoms with Crippen molar-refractivity contribution >= 4 is 6.34 Å². The van der Waals surface area contributed by atoms with Crippen LogP contribution < -0.4 is 11.1 Å². The highest BCUT2D eigenvalue weighted by molar-refractivity contribution is 5.60. The Morgan fingerprint density at radius 3 is 2.89 bits per heavy atom. The number of rotatable bonds is 0. The van der Waals surface area contributed by atoms with Gasteiger partial charge in [-0.2, -0.15) is 0 Å². The normalized spacial score (nSPS) is 31.1. The van der Waals surface area contributed by atoms with Crippen LogP contribution in [0.25, 0.3) is 0 Å². The Morgan fingerprint density at radius 2 is 2.56 bits per heavy atom. The van der Waals surface area contributed by atoms with Crippen LogP contribution in [0.2, 0.25) is 0 Å². The number of terminal acetylenes is 1. The summed E-state index contributed by atoms with van der Waals surface area (Å²) in [4.78, 5) is 3.80. The van der Waals surface area contributed by atoms with E-state index in [1.165, 1.54) is 6.34 Å². The zero-order chi connectivity index (χ0) is 6.74. The van der Waals surface area contributed by atoms with Gasteiger partial charge < -0.3 is 5.32 Å². The van der Waals surface area contributed by atoms with E-state index in [4.69, 9.17) is 12.2 Å². The highest BCUT2D eigenvalue weighted by Gasteiger charge is 2.15. The Hall–Kier alpha value is -1.27. The summed E-state index contributed by atoms with van der Waals surface area (Å²) < 4.78 is 0. The van der Waals surface area contributed by atoms with Crippen LogP contribution in [0.4, 0.5) is 0 Å². The van der Waals surface area contributed by atoms with Gasteiger partial charge in [0.2, 0.25) is 0 Å². The molecule has 1 unspecified atom stereocenters. The maximum Gasteiger partial charge on any atom is 0.192 e. The Labute approximate surface area is 53.7 Å². The molecule has 0 bridgehead atoms. The van der Waals surface area contributed by atoms with Crippen LogP contribution in [0.3, 0.4) is 0 Å². The van der Waals surface area contributed by atoms with Crippen LogP contribution in [0.15, 0.2) is 17.3 Å². The molecular formula is C6H7N3. The minimum Gasteiger partial charge on any atom is -0.353 e. The van der Waals surface area contributed by atoms with Crippen molar-refractivity contribution in [3.8, 4) is 12.3 Å². The third kappa shape index (κ3) is 1.09. The lowest BCUT2D eigenvalue weighted by Crippen LogP contribution is -2.36. The lowest BCUT2D eigenvalue weighted by atomic mass is 10.2. The zero-order valence-corrected chi connectivity index (χ0v) is 4.83. The fourth-order valence-corrected chi connectivity index (χ4v) is 0.491. The van der Waals surface area contributed by atoms with Crippen molar-refractivity contribution in [3.63, 3.8) is 0 Å². The number of aliphatic imine (C=N–C) groups is 1. The van der Waals surface area contributed by atoms with Crippen LogP contribution in [0, 0.1) is 12.3 Å². The monoisotopic (exact) mass is 121 g/mol. The fraction of sp³-hybridized carbons (Fsp3) is 0.167. The van der Waals surface area contributed by atoms with Gasteiger partial charge in [0.15, 0.2) is 5.66 Å². The summed E-state index contributed by atoms with van der Waals surface area (Å²) in [5, 5.41) is 2.73. The lowest BCUT2D eigenvalue weighted by Gasteiger charge is -2.15. The van der Waals surface area contributed by atoms with Crippen LogP contribution in [0.5, 0.6) is 0 Å². The highest BCUT2D eigenvalue weighted by atomic mass is 15.1. The summed E-state index contributed by atoms with van der Waals surface area (Å²) in [6.07, 6.45) is 9.82. The second-order valence-electron chi connectivity index (χ2n) is 1.73. The number of nitrogens with two attached hydrogens (primary N) is 1. The van der Waals surface area contributed by atoms with Crippen LogP contribution in [-0.4, -0.2) is 12.0 Å². The van der Waals surface area contributed by atoms with E-state index >= 15 is 0 Å². The molecule has 1 aliphatic rings. The molecule has 0 amide bonds. The molecule has 0 spiro atoms. The van der Waals surface area contributed by atoms with E-state index in [-0.39, 0.29) is 0 Å². The molecule has 0 aromatic carbocycles. The maximum atomic E-state index is 5.50. The first kappa shape index (κ1) is 5.86. The first-order valence-electron chi connectivity index (χ1n) is 2.51. The van der Waals surface area contributed by atoms with Crippen LogP contribution in [-0.2, 0) is 0 Å². The Kier molecular flexibility index (Phi) is 1.25. The lowest BCUT2D eigenvalue weighted by molar-refractivity contribution is 0.711. The van der Waals surface area contributed by atoms with Gasteiger partial charge in [-0.05, 0) is 6.08 Å². The molecule has 0 fully saturated rings. The molecule has 0 saturated carbocycles. The molecule has 0 aromatic rings. The highest BCUT2D eigenvalue weighted by Crippen LogP contribution is 2.02. The van der Waals surface area contributed by atoms with E-state index in [0.29, 0.717) is 0 Å². The van der Waals surface area contributed by atoms with Gasteiger partial charge in [-0.1, -0.05) is 5.92 Å². The predicted molar refractivity (Wildman–Crippen MR) is 36.5 cm³/mol. The molecule has 3 heteroatoms. The first-order chi connectivity index (χ1) is 4.27. The molecule has 3 N–H and O–H groups in total. The average molecular weight is 121 g/mol. The summed E-state index contributed by atoms with van der Waals surface area (Å²) in [5.41, 5.74) is 4.57. The smallest absolute Gasteiger partial charge is 0.192 e. The summed E-state index contributed by atoms with van der Waals surface area (Å²) in [7, 11) is 0. The molecule has 0 saturated heterocycles. The Bertz CT molecular complexity index is 185. The molecule has 1 rings (SSSR count). The van der Waals surface area contributed by atoms with E-state index in [2.05, 4.69) is 16.2 Å². The number of nitrogens with zero attached hydrogens (tertiary/aromatic N) is 1. The first-order valence-corrected chi connectivity index (χ1v) is 2.51. The van der Waals surface area contributed by atoms with Crippen LogP contribution in [0.1, 0.15) is 0 Å². The predicted octanol–water partition coefficient (Wildman–Crippen LogP) is -0.580. The van der Waals surface area contributed by atoms with E-state index in [0.717, 1.165) is 0 Å². The van der Waals surface area contributed by atoms with Gasteiger partial charge in [0.05, 0.1) is 6.34 Å². The number of hydrogen-bond donors (Lipinski definition) is 2. The van der Waals surface area contributed by atoms with E-state index < -0.39 is 5.66 Å². The molecule has 0 aromatic heterocycles. The maximum absolute atomic E-state index is 5.50. The second kappa shape index (κ2) is 1.92. The molecular weight excluding hydrogens is 114 g/mol. The minimum atomic E-state index is -0.925. The van der Waals surface area contributed by atoms with Crippen LogP contribution >= 0.6 is 0 Å². The van der Waals surface area contributed by atoms with Gasteiger partial charge >= 0.3 is 0 Å². The zero-order valence-electron chi connectivity index (χ0n) is 4.83. The number of hydrogen-bond acceptors (Lipinski definition) is 3. The van der Waals surface area contributed by atoms with Crippen molar-refractivity contribution in [1.29, 1.82) is 0 Å². The van der Waals surface area contributed by atoms with Gasteiger partial charge in [0.25, 0.3) is 0 Å². The summed E-state index contributed by atoms with van der Waals surface area (Å²) >= 11 is 0. The van der Waals surface area contributed by atoms with E-state index in [1.807, 2.05) is 0 Å². The summed E-state index contributed by atoms with van der Waals surface area (Å²) in [6, 6.07) is 0. The molecule has 9 heavy (non-hydrogen) atoms. The van der Waals surface area contributed by atoms with Gasteiger partial charge in [0.1, 0.15) is 0 Å². The Balaban J connectivity index is 2.82. The molecule has 3 nitrogen and oxygen atoms in total.